The molecule has 1 rings (SSSR count). The van der Waals surface area contributed by atoms with E-state index in [9.17, 15) is 4.79 Å². The molecule has 0 saturated heterocycles. The van der Waals surface area contributed by atoms with Crippen molar-refractivity contribution < 1.29 is 9.90 Å². The lowest BCUT2D eigenvalue weighted by Crippen LogP contribution is -2.09. The van der Waals surface area contributed by atoms with Crippen molar-refractivity contribution in [3.05, 3.63) is 23.2 Å². The first-order valence-electron chi connectivity index (χ1n) is 3.92. The lowest BCUT2D eigenvalue weighted by atomic mass is 10.3. The van der Waals surface area contributed by atoms with Crippen LogP contribution in [-0.2, 0) is 4.79 Å². The number of nitrogens with one attached hydrogen (secondary N) is 1. The van der Waals surface area contributed by atoms with E-state index in [1.165, 1.54) is 12.1 Å². The number of amides is 1. The maximum Gasteiger partial charge on any atom is 0.224 e. The van der Waals surface area contributed by atoms with Crippen molar-refractivity contribution in [3.63, 3.8) is 0 Å². The second kappa shape index (κ2) is 4.14. The normalized spacial score (nSPS) is 9.69. The van der Waals surface area contributed by atoms with Gasteiger partial charge in [0.25, 0.3) is 0 Å². The van der Waals surface area contributed by atoms with Gasteiger partial charge in [-0.3, -0.25) is 4.79 Å². The summed E-state index contributed by atoms with van der Waals surface area (Å²) in [5.41, 5.74) is 0.592. The molecule has 0 fully saturated rings. The molecular weight excluding hydrogens is 190 g/mol. The number of carbonyl (C=O) groups is 1. The van der Waals surface area contributed by atoms with Gasteiger partial charge >= 0.3 is 0 Å². The number of anilines is 1. The number of hydrogen-bond donors (Lipinski definition) is 2. The highest BCUT2D eigenvalue weighted by atomic mass is 35.5. The fourth-order valence-corrected chi connectivity index (χ4v) is 1.01. The number of carbonyl (C=O) groups excluding carboxylic acids is 1. The van der Waals surface area contributed by atoms with Crippen molar-refractivity contribution >= 4 is 23.2 Å². The average molecular weight is 200 g/mol. The Morgan fingerprint density at radius 1 is 1.62 bits per heavy atom. The molecule has 0 aliphatic rings. The highest BCUT2D eigenvalue weighted by molar-refractivity contribution is 6.32. The van der Waals surface area contributed by atoms with Gasteiger partial charge < -0.3 is 10.4 Å². The molecular formula is C9H10ClNO2. The summed E-state index contributed by atoms with van der Waals surface area (Å²) in [5, 5.41) is 11.9. The molecule has 1 aromatic carbocycles. The topological polar surface area (TPSA) is 49.3 Å². The average Bonchev–Trinajstić information content (AvgIpc) is 2.11. The first kappa shape index (κ1) is 9.86. The molecule has 0 aromatic heterocycles. The molecule has 0 aliphatic heterocycles. The summed E-state index contributed by atoms with van der Waals surface area (Å²) in [6.07, 6.45) is 0.415. The van der Waals surface area contributed by atoms with Gasteiger partial charge in [-0.05, 0) is 18.2 Å². The maximum absolute atomic E-state index is 11.0. The molecule has 1 aromatic rings. The molecule has 0 atom stereocenters. The second-order valence-electron chi connectivity index (χ2n) is 2.57. The fourth-order valence-electron chi connectivity index (χ4n) is 0.834. The third kappa shape index (κ3) is 2.63. The Hall–Kier alpha value is -1.22. The minimum atomic E-state index is -0.0817. The zero-order valence-electron chi connectivity index (χ0n) is 7.17. The highest BCUT2D eigenvalue weighted by Crippen LogP contribution is 2.25. The molecule has 0 saturated carbocycles. The van der Waals surface area contributed by atoms with Gasteiger partial charge in [0.1, 0.15) is 5.75 Å². The van der Waals surface area contributed by atoms with Crippen LogP contribution in [-0.4, -0.2) is 11.0 Å². The molecule has 0 spiro atoms. The number of phenolic OH excluding ortho intramolecular Hbond substituents is 1. The van der Waals surface area contributed by atoms with Crippen LogP contribution >= 0.6 is 11.6 Å². The van der Waals surface area contributed by atoms with Gasteiger partial charge in [0.2, 0.25) is 5.91 Å². The summed E-state index contributed by atoms with van der Waals surface area (Å²) in [6.45, 7) is 1.76. The Morgan fingerprint density at radius 2 is 2.31 bits per heavy atom. The first-order chi connectivity index (χ1) is 6.13. The summed E-state index contributed by atoms with van der Waals surface area (Å²) in [6, 6.07) is 4.53. The van der Waals surface area contributed by atoms with Gasteiger partial charge in [-0.25, -0.2) is 0 Å². The van der Waals surface area contributed by atoms with Gasteiger partial charge in [-0.1, -0.05) is 18.5 Å². The number of benzene rings is 1. The van der Waals surface area contributed by atoms with Crippen LogP contribution in [0.5, 0.6) is 5.75 Å². The Kier molecular flexibility index (Phi) is 3.14. The Bertz CT molecular complexity index is 325. The van der Waals surface area contributed by atoms with Crippen molar-refractivity contribution in [2.45, 2.75) is 13.3 Å². The van der Waals surface area contributed by atoms with Crippen LogP contribution in [0.15, 0.2) is 18.2 Å². The highest BCUT2D eigenvalue weighted by Gasteiger charge is 2.02. The van der Waals surface area contributed by atoms with Gasteiger partial charge in [0, 0.05) is 12.1 Å². The van der Waals surface area contributed by atoms with E-state index in [0.717, 1.165) is 0 Å². The van der Waals surface area contributed by atoms with Gasteiger partial charge in [-0.15, -0.1) is 0 Å². The third-order valence-electron chi connectivity index (χ3n) is 1.55. The zero-order valence-corrected chi connectivity index (χ0v) is 7.93. The van der Waals surface area contributed by atoms with Crippen molar-refractivity contribution in [1.82, 2.24) is 0 Å². The number of halogens is 1. The number of phenols is 1. The van der Waals surface area contributed by atoms with Crippen LogP contribution in [0.2, 0.25) is 5.02 Å². The lowest BCUT2D eigenvalue weighted by Gasteiger charge is -2.04. The molecule has 4 heteroatoms. The van der Waals surface area contributed by atoms with E-state index in [4.69, 9.17) is 16.7 Å². The summed E-state index contributed by atoms with van der Waals surface area (Å²) >= 11 is 5.64. The van der Waals surface area contributed by atoms with E-state index >= 15 is 0 Å². The van der Waals surface area contributed by atoms with E-state index in [1.807, 2.05) is 0 Å². The molecule has 2 N–H and O–H groups in total. The molecule has 1 amide bonds. The predicted octanol–water partition coefficient (Wildman–Crippen LogP) is 2.39. The zero-order chi connectivity index (χ0) is 9.84. The minimum absolute atomic E-state index is 0.0103. The molecule has 0 unspecified atom stereocenters. The van der Waals surface area contributed by atoms with Crippen molar-refractivity contribution in [2.24, 2.45) is 0 Å². The molecule has 0 bridgehead atoms. The molecule has 70 valence electrons. The Morgan fingerprint density at radius 3 is 2.85 bits per heavy atom. The fraction of sp³-hybridized carbons (Fsp3) is 0.222. The summed E-state index contributed by atoms with van der Waals surface area (Å²) in [7, 11) is 0. The quantitative estimate of drug-likeness (QED) is 0.719. The van der Waals surface area contributed by atoms with E-state index in [-0.39, 0.29) is 16.7 Å². The number of aromatic hydroxyl groups is 1. The smallest absolute Gasteiger partial charge is 0.224 e. The van der Waals surface area contributed by atoms with Crippen LogP contribution in [0.25, 0.3) is 0 Å². The van der Waals surface area contributed by atoms with Crippen molar-refractivity contribution in [3.8, 4) is 5.75 Å². The van der Waals surface area contributed by atoms with Gasteiger partial charge in [-0.2, -0.15) is 0 Å². The Labute approximate surface area is 81.3 Å². The van der Waals surface area contributed by atoms with Crippen LogP contribution < -0.4 is 5.32 Å². The third-order valence-corrected chi connectivity index (χ3v) is 1.86. The standard InChI is InChI=1S/C9H10ClNO2/c1-2-9(13)11-6-3-4-8(12)7(10)5-6/h3-5,12H,2H2,1H3,(H,11,13). The van der Waals surface area contributed by atoms with Crippen LogP contribution in [0, 0.1) is 0 Å². The Balaban J connectivity index is 2.79. The summed E-state index contributed by atoms with van der Waals surface area (Å²) < 4.78 is 0. The van der Waals surface area contributed by atoms with Crippen molar-refractivity contribution in [2.75, 3.05) is 5.32 Å². The number of hydrogen-bond acceptors (Lipinski definition) is 2. The minimum Gasteiger partial charge on any atom is -0.506 e. The molecule has 13 heavy (non-hydrogen) atoms. The molecule has 0 radical (unpaired) electrons. The van der Waals surface area contributed by atoms with E-state index in [0.29, 0.717) is 12.1 Å². The predicted molar refractivity (Wildman–Crippen MR) is 52.0 cm³/mol. The molecule has 0 aliphatic carbocycles. The van der Waals surface area contributed by atoms with Crippen molar-refractivity contribution in [1.29, 1.82) is 0 Å². The first-order valence-corrected chi connectivity index (χ1v) is 4.29. The molecule has 0 heterocycles. The van der Waals surface area contributed by atoms with E-state index in [1.54, 1.807) is 13.0 Å². The van der Waals surface area contributed by atoms with Gasteiger partial charge in [0.05, 0.1) is 5.02 Å². The summed E-state index contributed by atoms with van der Waals surface area (Å²) in [5.74, 6) is -0.0714. The second-order valence-corrected chi connectivity index (χ2v) is 2.98. The number of rotatable bonds is 2. The van der Waals surface area contributed by atoms with Crippen LogP contribution in [0.4, 0.5) is 5.69 Å². The van der Waals surface area contributed by atoms with Crippen LogP contribution in [0.1, 0.15) is 13.3 Å². The van der Waals surface area contributed by atoms with E-state index in [2.05, 4.69) is 5.32 Å². The monoisotopic (exact) mass is 199 g/mol. The molecule has 3 nitrogen and oxygen atoms in total. The largest absolute Gasteiger partial charge is 0.506 e. The SMILES string of the molecule is CCC(=O)Nc1ccc(O)c(Cl)c1. The van der Waals surface area contributed by atoms with Gasteiger partial charge in [0.15, 0.2) is 0 Å². The van der Waals surface area contributed by atoms with Crippen LogP contribution in [0.3, 0.4) is 0 Å². The lowest BCUT2D eigenvalue weighted by molar-refractivity contribution is -0.115. The maximum atomic E-state index is 11.0. The summed E-state index contributed by atoms with van der Waals surface area (Å²) in [4.78, 5) is 11.0. The van der Waals surface area contributed by atoms with E-state index < -0.39 is 0 Å².